The molecule has 2 amide bonds. The number of amides is 2. The van der Waals surface area contributed by atoms with Crippen LogP contribution in [0.15, 0.2) is 47.3 Å². The fourth-order valence-electron chi connectivity index (χ4n) is 4.95. The molecule has 10 heteroatoms. The minimum atomic E-state index is -0.552. The second kappa shape index (κ2) is 12.9. The van der Waals surface area contributed by atoms with E-state index in [0.717, 1.165) is 30.6 Å². The number of ether oxygens (including phenoxy) is 1. The van der Waals surface area contributed by atoms with Crippen LogP contribution in [0.4, 0.5) is 0 Å². The van der Waals surface area contributed by atoms with Crippen LogP contribution >= 0.6 is 11.6 Å². The summed E-state index contributed by atoms with van der Waals surface area (Å²) in [6.45, 7) is 4.66. The third kappa shape index (κ3) is 6.34. The van der Waals surface area contributed by atoms with Crippen molar-refractivity contribution < 1.29 is 14.3 Å². The summed E-state index contributed by atoms with van der Waals surface area (Å²) in [5.74, 6) is -0.373. The number of hydrogen-bond donors (Lipinski definition) is 2. The molecule has 202 valence electrons. The van der Waals surface area contributed by atoms with Crippen molar-refractivity contribution in [1.82, 2.24) is 25.3 Å². The largest absolute Gasteiger partial charge is 0.495 e. The lowest BCUT2D eigenvalue weighted by Crippen LogP contribution is -2.41. The number of rotatable bonds is 10. The van der Waals surface area contributed by atoms with Crippen LogP contribution in [-0.2, 0) is 4.79 Å². The zero-order valence-corrected chi connectivity index (χ0v) is 22.6. The van der Waals surface area contributed by atoms with Crippen LogP contribution in [0.25, 0.3) is 16.5 Å². The molecule has 1 fully saturated rings. The summed E-state index contributed by atoms with van der Waals surface area (Å²) in [6, 6.07) is 12.2. The van der Waals surface area contributed by atoms with E-state index in [2.05, 4.69) is 27.6 Å². The van der Waals surface area contributed by atoms with Gasteiger partial charge in [-0.15, -0.1) is 0 Å². The van der Waals surface area contributed by atoms with Crippen molar-refractivity contribution in [3.63, 3.8) is 0 Å². The predicted molar refractivity (Wildman–Crippen MR) is 148 cm³/mol. The lowest BCUT2D eigenvalue weighted by atomic mass is 10.00. The van der Waals surface area contributed by atoms with E-state index in [1.807, 2.05) is 0 Å². The number of hydrogen-bond acceptors (Lipinski definition) is 6. The summed E-state index contributed by atoms with van der Waals surface area (Å²) in [6.07, 6.45) is 5.78. The molecule has 1 aliphatic rings. The summed E-state index contributed by atoms with van der Waals surface area (Å²) >= 11 is 6.25. The molecular weight excluding hydrogens is 506 g/mol. The zero-order chi connectivity index (χ0) is 27.1. The van der Waals surface area contributed by atoms with Gasteiger partial charge >= 0.3 is 0 Å². The Morgan fingerprint density at radius 1 is 1.13 bits per heavy atom. The molecule has 9 nitrogen and oxygen atoms in total. The number of likely N-dealkylation sites (tertiary alicyclic amines) is 1. The first-order valence-electron chi connectivity index (χ1n) is 13.1. The fourth-order valence-corrected chi connectivity index (χ4v) is 5.20. The molecule has 0 bridgehead atoms. The fraction of sp³-hybridized carbons (Fsp3) is 0.429. The third-order valence-electron chi connectivity index (χ3n) is 6.97. The van der Waals surface area contributed by atoms with Gasteiger partial charge in [0, 0.05) is 24.5 Å². The van der Waals surface area contributed by atoms with Crippen LogP contribution in [0.5, 0.6) is 5.75 Å². The topological polar surface area (TPSA) is 106 Å². The van der Waals surface area contributed by atoms with E-state index >= 15 is 0 Å². The van der Waals surface area contributed by atoms with Gasteiger partial charge in [-0.25, -0.2) is 0 Å². The molecule has 2 aromatic carbocycles. The highest BCUT2D eigenvalue weighted by Gasteiger charge is 2.21. The third-order valence-corrected chi connectivity index (χ3v) is 7.27. The standard InChI is InChI=1S/C28H34ClN5O4/c1-3-19-9-6-7-15-33(19)16-8-14-30-25(35)18-31-27(36)26-21-10-4-5-11-22(21)28(37)34(32-26)20-12-13-24(38-2)23(29)17-20/h4-5,10-13,17,19H,3,6-9,14-16,18H2,1-2H3,(H,30,35)(H,31,36). The highest BCUT2D eigenvalue weighted by molar-refractivity contribution is 6.32. The molecule has 0 saturated carbocycles. The Balaban J connectivity index is 1.42. The second-order valence-corrected chi connectivity index (χ2v) is 9.82. The average molecular weight is 540 g/mol. The normalized spacial score (nSPS) is 15.8. The minimum Gasteiger partial charge on any atom is -0.495 e. The number of halogens is 1. The van der Waals surface area contributed by atoms with E-state index in [1.165, 1.54) is 26.4 Å². The first-order valence-corrected chi connectivity index (χ1v) is 13.5. The van der Waals surface area contributed by atoms with Gasteiger partial charge in [0.1, 0.15) is 5.75 Å². The zero-order valence-electron chi connectivity index (χ0n) is 21.8. The summed E-state index contributed by atoms with van der Waals surface area (Å²) in [5.41, 5.74) is 0.0307. The lowest BCUT2D eigenvalue weighted by molar-refractivity contribution is -0.120. The molecule has 0 radical (unpaired) electrons. The van der Waals surface area contributed by atoms with E-state index in [4.69, 9.17) is 16.3 Å². The van der Waals surface area contributed by atoms with Gasteiger partial charge in [0.05, 0.1) is 29.8 Å². The van der Waals surface area contributed by atoms with Gasteiger partial charge in [-0.05, 0) is 56.5 Å². The van der Waals surface area contributed by atoms with Gasteiger partial charge in [0.2, 0.25) is 5.91 Å². The molecule has 1 atom stereocenters. The molecule has 4 rings (SSSR count). The molecule has 2 heterocycles. The number of carbonyl (C=O) groups excluding carboxylic acids is 2. The Hall–Kier alpha value is -3.43. The lowest BCUT2D eigenvalue weighted by Gasteiger charge is -2.35. The Labute approximate surface area is 227 Å². The average Bonchev–Trinajstić information content (AvgIpc) is 2.94. The van der Waals surface area contributed by atoms with Crippen molar-refractivity contribution >= 4 is 34.2 Å². The molecule has 2 N–H and O–H groups in total. The number of benzene rings is 2. The van der Waals surface area contributed by atoms with Gasteiger partial charge in [0.15, 0.2) is 5.69 Å². The number of piperidine rings is 1. The number of fused-ring (bicyclic) bond motifs is 1. The molecule has 1 aromatic heterocycles. The SMILES string of the molecule is CCC1CCCCN1CCCNC(=O)CNC(=O)c1nn(-c2ccc(OC)c(Cl)c2)c(=O)c2ccccc12. The molecule has 0 spiro atoms. The summed E-state index contributed by atoms with van der Waals surface area (Å²) in [5, 5.41) is 10.9. The highest BCUT2D eigenvalue weighted by Crippen LogP contribution is 2.26. The maximum atomic E-state index is 13.2. The van der Waals surface area contributed by atoms with Crippen LogP contribution in [0.1, 0.15) is 49.5 Å². The van der Waals surface area contributed by atoms with E-state index in [1.54, 1.807) is 42.5 Å². The molecule has 0 aliphatic carbocycles. The van der Waals surface area contributed by atoms with E-state index in [-0.39, 0.29) is 18.1 Å². The van der Waals surface area contributed by atoms with Gasteiger partial charge in [-0.2, -0.15) is 9.78 Å². The number of methoxy groups -OCH3 is 1. The summed E-state index contributed by atoms with van der Waals surface area (Å²) < 4.78 is 6.32. The molecule has 1 aliphatic heterocycles. The summed E-state index contributed by atoms with van der Waals surface area (Å²) in [4.78, 5) is 41.2. The predicted octanol–water partition coefficient (Wildman–Crippen LogP) is 3.55. The number of aromatic nitrogens is 2. The van der Waals surface area contributed by atoms with Crippen LogP contribution in [0.2, 0.25) is 5.02 Å². The smallest absolute Gasteiger partial charge is 0.279 e. The Bertz CT molecular complexity index is 1360. The first kappa shape index (κ1) is 27.6. The number of carbonyl (C=O) groups is 2. The van der Waals surface area contributed by atoms with E-state index < -0.39 is 11.5 Å². The Morgan fingerprint density at radius 2 is 1.92 bits per heavy atom. The van der Waals surface area contributed by atoms with E-state index in [0.29, 0.717) is 39.8 Å². The van der Waals surface area contributed by atoms with Crippen molar-refractivity contribution in [2.24, 2.45) is 0 Å². The van der Waals surface area contributed by atoms with Gasteiger partial charge in [0.25, 0.3) is 11.5 Å². The monoisotopic (exact) mass is 539 g/mol. The summed E-state index contributed by atoms with van der Waals surface area (Å²) in [7, 11) is 1.50. The maximum absolute atomic E-state index is 13.2. The van der Waals surface area contributed by atoms with Crippen LogP contribution in [-0.4, -0.2) is 65.8 Å². The van der Waals surface area contributed by atoms with Crippen molar-refractivity contribution in [3.05, 3.63) is 63.5 Å². The van der Waals surface area contributed by atoms with Crippen LogP contribution in [0.3, 0.4) is 0 Å². The minimum absolute atomic E-state index is 0.0376. The maximum Gasteiger partial charge on any atom is 0.279 e. The van der Waals surface area contributed by atoms with Gasteiger partial charge < -0.3 is 20.3 Å². The number of nitrogens with one attached hydrogen (secondary N) is 2. The van der Waals surface area contributed by atoms with Crippen molar-refractivity contribution in [1.29, 1.82) is 0 Å². The van der Waals surface area contributed by atoms with Gasteiger partial charge in [-0.1, -0.05) is 43.1 Å². The second-order valence-electron chi connectivity index (χ2n) is 9.41. The molecule has 38 heavy (non-hydrogen) atoms. The van der Waals surface area contributed by atoms with Crippen molar-refractivity contribution in [2.75, 3.05) is 33.3 Å². The Morgan fingerprint density at radius 3 is 2.66 bits per heavy atom. The number of nitrogens with zero attached hydrogens (tertiary/aromatic N) is 3. The highest BCUT2D eigenvalue weighted by atomic mass is 35.5. The molecule has 3 aromatic rings. The van der Waals surface area contributed by atoms with E-state index in [9.17, 15) is 14.4 Å². The Kier molecular flexibility index (Phi) is 9.36. The first-order chi connectivity index (χ1) is 18.4. The molecular formula is C28H34ClN5O4. The van der Waals surface area contributed by atoms with Crippen LogP contribution < -0.4 is 20.9 Å². The van der Waals surface area contributed by atoms with Gasteiger partial charge in [-0.3, -0.25) is 14.4 Å². The molecule has 1 unspecified atom stereocenters. The quantitative estimate of drug-likeness (QED) is 0.382. The molecule has 1 saturated heterocycles. The van der Waals surface area contributed by atoms with Crippen LogP contribution in [0, 0.1) is 0 Å². The van der Waals surface area contributed by atoms with Crippen molar-refractivity contribution in [2.45, 2.75) is 45.1 Å². The van der Waals surface area contributed by atoms with Crippen molar-refractivity contribution in [3.8, 4) is 11.4 Å².